The van der Waals surface area contributed by atoms with Crippen LogP contribution < -0.4 is 5.32 Å². The second kappa shape index (κ2) is 9.61. The van der Waals surface area contributed by atoms with E-state index in [-0.39, 0.29) is 29.7 Å². The second-order valence-electron chi connectivity index (χ2n) is 7.25. The normalized spacial score (nSPS) is 18.2. The maximum Gasteiger partial charge on any atom is 0.228 e. The van der Waals surface area contributed by atoms with Crippen LogP contribution in [0.1, 0.15) is 19.7 Å². The van der Waals surface area contributed by atoms with Crippen LogP contribution in [0.4, 0.5) is 0 Å². The zero-order valence-electron chi connectivity index (χ0n) is 16.6. The Bertz CT molecular complexity index is 977. The van der Waals surface area contributed by atoms with Gasteiger partial charge in [0.2, 0.25) is 11.7 Å². The molecule has 0 aliphatic carbocycles. The predicted octanol–water partition coefficient (Wildman–Crippen LogP) is 2.63. The molecule has 3 rings (SSSR count). The average Bonchev–Trinajstić information content (AvgIpc) is 3.10. The number of rotatable bonds is 4. The van der Waals surface area contributed by atoms with Gasteiger partial charge in [0.15, 0.2) is 15.8 Å². The summed E-state index contributed by atoms with van der Waals surface area (Å²) >= 11 is 6.00. The van der Waals surface area contributed by atoms with Crippen LogP contribution >= 0.6 is 35.6 Å². The second-order valence-corrected chi connectivity index (χ2v) is 10.4. The quantitative estimate of drug-likeness (QED) is 0.353. The number of aromatic nitrogens is 2. The molecule has 0 amide bonds. The zero-order chi connectivity index (χ0) is 20.4. The Morgan fingerprint density at radius 1 is 1.41 bits per heavy atom. The highest BCUT2D eigenvalue weighted by Gasteiger charge is 2.40. The summed E-state index contributed by atoms with van der Waals surface area (Å²) in [5.41, 5.74) is 0.794. The molecule has 1 aliphatic rings. The van der Waals surface area contributed by atoms with Gasteiger partial charge in [-0.05, 0) is 26.0 Å². The van der Waals surface area contributed by atoms with Crippen LogP contribution in [0.3, 0.4) is 0 Å². The van der Waals surface area contributed by atoms with E-state index < -0.39 is 14.6 Å². The van der Waals surface area contributed by atoms with Crippen LogP contribution in [0.2, 0.25) is 5.02 Å². The van der Waals surface area contributed by atoms with Gasteiger partial charge in [0.1, 0.15) is 0 Å². The smallest absolute Gasteiger partial charge is 0.228 e. The largest absolute Gasteiger partial charge is 0.356 e. The van der Waals surface area contributed by atoms with Gasteiger partial charge >= 0.3 is 0 Å². The first-order chi connectivity index (χ1) is 13.2. The molecule has 1 aromatic carbocycles. The third-order valence-corrected chi connectivity index (χ3v) is 7.50. The first-order valence-electron chi connectivity index (χ1n) is 8.98. The minimum atomic E-state index is -3.09. The first kappa shape index (κ1) is 23.9. The van der Waals surface area contributed by atoms with Crippen molar-refractivity contribution in [3.05, 3.63) is 35.2 Å². The van der Waals surface area contributed by atoms with Gasteiger partial charge in [0, 0.05) is 43.7 Å². The van der Waals surface area contributed by atoms with E-state index in [4.69, 9.17) is 16.1 Å². The summed E-state index contributed by atoms with van der Waals surface area (Å²) in [6.07, 6.45) is 0.516. The predicted molar refractivity (Wildman–Crippen MR) is 125 cm³/mol. The van der Waals surface area contributed by atoms with Crippen molar-refractivity contribution >= 4 is 51.4 Å². The molecule has 0 bridgehead atoms. The van der Waals surface area contributed by atoms with Crippen molar-refractivity contribution in [3.63, 3.8) is 0 Å². The SMILES string of the molecule is CN=C(NCCc1nc(-c2cccc(Cl)c2)no1)N1CCS(=O)(=O)C(C)(C)C1.I. The summed E-state index contributed by atoms with van der Waals surface area (Å²) in [4.78, 5) is 10.6. The summed E-state index contributed by atoms with van der Waals surface area (Å²) in [5.74, 6) is 1.77. The molecule has 2 aromatic rings. The molecule has 11 heteroatoms. The summed E-state index contributed by atoms with van der Waals surface area (Å²) in [7, 11) is -1.41. The molecule has 29 heavy (non-hydrogen) atoms. The van der Waals surface area contributed by atoms with Crippen molar-refractivity contribution in [2.45, 2.75) is 25.0 Å². The number of halogens is 2. The van der Waals surface area contributed by atoms with E-state index in [1.165, 1.54) is 0 Å². The highest BCUT2D eigenvalue weighted by atomic mass is 127. The number of hydrogen-bond acceptors (Lipinski definition) is 6. The molecule has 1 aromatic heterocycles. The van der Waals surface area contributed by atoms with Gasteiger partial charge in [-0.1, -0.05) is 28.9 Å². The van der Waals surface area contributed by atoms with Crippen molar-refractivity contribution < 1.29 is 12.9 Å². The lowest BCUT2D eigenvalue weighted by molar-refractivity contribution is 0.350. The molecular weight excluding hydrogens is 529 g/mol. The van der Waals surface area contributed by atoms with Gasteiger partial charge < -0.3 is 14.7 Å². The van der Waals surface area contributed by atoms with Crippen molar-refractivity contribution in [2.75, 3.05) is 32.4 Å². The third-order valence-electron chi connectivity index (χ3n) is 4.73. The van der Waals surface area contributed by atoms with E-state index in [9.17, 15) is 8.42 Å². The standard InChI is InChI=1S/C18H24ClN5O3S.HI/c1-18(2)12-24(9-10-28(18,25)26)17(20-3)21-8-7-15-22-16(23-27-15)13-5-4-6-14(19)11-13;/h4-6,11H,7-10,12H2,1-3H3,(H,20,21);1H. The minimum absolute atomic E-state index is 0. The van der Waals surface area contributed by atoms with Crippen LogP contribution in [-0.2, 0) is 16.3 Å². The topological polar surface area (TPSA) is 101 Å². The fourth-order valence-electron chi connectivity index (χ4n) is 3.04. The molecule has 1 fully saturated rings. The summed E-state index contributed by atoms with van der Waals surface area (Å²) < 4.78 is 28.9. The van der Waals surface area contributed by atoms with Gasteiger partial charge in [-0.15, -0.1) is 24.0 Å². The van der Waals surface area contributed by atoms with Crippen LogP contribution in [0.15, 0.2) is 33.8 Å². The van der Waals surface area contributed by atoms with Gasteiger partial charge in [-0.3, -0.25) is 4.99 Å². The van der Waals surface area contributed by atoms with E-state index in [0.29, 0.717) is 48.8 Å². The van der Waals surface area contributed by atoms with Crippen LogP contribution in [0, 0.1) is 0 Å². The Morgan fingerprint density at radius 3 is 2.83 bits per heavy atom. The van der Waals surface area contributed by atoms with Crippen molar-refractivity contribution in [3.8, 4) is 11.4 Å². The number of guanidine groups is 1. The van der Waals surface area contributed by atoms with Gasteiger partial charge in [0.25, 0.3) is 0 Å². The fourth-order valence-corrected chi connectivity index (χ4v) is 4.60. The van der Waals surface area contributed by atoms with E-state index in [1.807, 2.05) is 17.0 Å². The van der Waals surface area contributed by atoms with Gasteiger partial charge in [-0.2, -0.15) is 4.98 Å². The van der Waals surface area contributed by atoms with Crippen molar-refractivity contribution in [1.82, 2.24) is 20.4 Å². The van der Waals surface area contributed by atoms with E-state index in [2.05, 4.69) is 20.4 Å². The molecule has 0 unspecified atom stereocenters. The highest BCUT2D eigenvalue weighted by molar-refractivity contribution is 14.0. The third kappa shape index (κ3) is 5.60. The lowest BCUT2D eigenvalue weighted by Gasteiger charge is -2.39. The number of nitrogens with one attached hydrogen (secondary N) is 1. The maximum atomic E-state index is 12.2. The highest BCUT2D eigenvalue weighted by Crippen LogP contribution is 2.24. The van der Waals surface area contributed by atoms with Crippen LogP contribution in [-0.4, -0.2) is 66.6 Å². The number of sulfone groups is 1. The van der Waals surface area contributed by atoms with E-state index in [1.54, 1.807) is 33.0 Å². The van der Waals surface area contributed by atoms with Crippen molar-refractivity contribution in [2.24, 2.45) is 4.99 Å². The number of hydrogen-bond donors (Lipinski definition) is 1. The molecule has 1 N–H and O–H groups in total. The molecule has 8 nitrogen and oxygen atoms in total. The molecule has 0 spiro atoms. The Hall–Kier alpha value is -1.40. The minimum Gasteiger partial charge on any atom is -0.356 e. The lowest BCUT2D eigenvalue weighted by atomic mass is 10.2. The molecule has 2 heterocycles. The molecule has 0 radical (unpaired) electrons. The Kier molecular flexibility index (Phi) is 7.91. The Morgan fingerprint density at radius 2 is 2.17 bits per heavy atom. The average molecular weight is 554 g/mol. The Labute approximate surface area is 193 Å². The van der Waals surface area contributed by atoms with Gasteiger partial charge in [0.05, 0.1) is 10.5 Å². The molecule has 0 saturated carbocycles. The van der Waals surface area contributed by atoms with Gasteiger partial charge in [-0.25, -0.2) is 8.42 Å². The monoisotopic (exact) mass is 553 g/mol. The number of nitrogens with zero attached hydrogens (tertiary/aromatic N) is 4. The van der Waals surface area contributed by atoms with E-state index in [0.717, 1.165) is 5.56 Å². The number of aliphatic imine (C=N–C) groups is 1. The van der Waals surface area contributed by atoms with Crippen molar-refractivity contribution in [1.29, 1.82) is 0 Å². The first-order valence-corrected chi connectivity index (χ1v) is 11.0. The Balaban J connectivity index is 0.00000300. The van der Waals surface area contributed by atoms with Crippen LogP contribution in [0.5, 0.6) is 0 Å². The summed E-state index contributed by atoms with van der Waals surface area (Å²) in [6, 6.07) is 7.27. The molecule has 160 valence electrons. The zero-order valence-corrected chi connectivity index (χ0v) is 20.5. The molecule has 0 atom stereocenters. The maximum absolute atomic E-state index is 12.2. The lowest BCUT2D eigenvalue weighted by Crippen LogP contribution is -2.57. The fraction of sp³-hybridized carbons (Fsp3) is 0.500. The number of benzene rings is 1. The molecule has 1 aliphatic heterocycles. The molecular formula is C18H25ClIN5O3S. The molecule has 1 saturated heterocycles. The summed E-state index contributed by atoms with van der Waals surface area (Å²) in [5, 5.41) is 7.85. The summed E-state index contributed by atoms with van der Waals surface area (Å²) in [6.45, 7) is 4.85. The van der Waals surface area contributed by atoms with E-state index >= 15 is 0 Å². The van der Waals surface area contributed by atoms with Crippen LogP contribution in [0.25, 0.3) is 11.4 Å².